The molecule has 0 fully saturated rings. The van der Waals surface area contributed by atoms with Crippen LogP contribution in [0, 0.1) is 0 Å². The lowest BCUT2D eigenvalue weighted by atomic mass is 10.4. The van der Waals surface area contributed by atoms with Crippen LogP contribution in [0.25, 0.3) is 0 Å². The van der Waals surface area contributed by atoms with Crippen molar-refractivity contribution in [3.8, 4) is 0 Å². The second-order valence-electron chi connectivity index (χ2n) is 2.73. The zero-order valence-corrected chi connectivity index (χ0v) is 7.94. The maximum atomic E-state index is 11.0. The van der Waals surface area contributed by atoms with E-state index in [0.29, 0.717) is 0 Å². The Bertz CT molecular complexity index is 187. The van der Waals surface area contributed by atoms with Crippen molar-refractivity contribution in [2.75, 3.05) is 6.61 Å². The van der Waals surface area contributed by atoms with E-state index in [0.717, 1.165) is 0 Å². The van der Waals surface area contributed by atoms with Crippen molar-refractivity contribution in [1.29, 1.82) is 0 Å². The molecule has 1 N–H and O–H groups in total. The number of carbonyl (C=O) groups excluding carboxylic acids is 2. The van der Waals surface area contributed by atoms with Gasteiger partial charge in [0.25, 0.3) is 0 Å². The highest BCUT2D eigenvalue weighted by atomic mass is 16.6. The van der Waals surface area contributed by atoms with Gasteiger partial charge in [-0.1, -0.05) is 0 Å². The van der Waals surface area contributed by atoms with Crippen LogP contribution in [-0.2, 0) is 19.1 Å². The van der Waals surface area contributed by atoms with E-state index in [9.17, 15) is 9.59 Å². The molecule has 0 radical (unpaired) electrons. The molecule has 1 unspecified atom stereocenters. The van der Waals surface area contributed by atoms with Gasteiger partial charge in [0.05, 0.1) is 6.10 Å². The van der Waals surface area contributed by atoms with Gasteiger partial charge in [0.2, 0.25) is 0 Å². The minimum absolute atomic E-state index is 0.0928. The van der Waals surface area contributed by atoms with Crippen LogP contribution in [0.2, 0.25) is 0 Å². The number of aliphatic hydroxyl groups is 1. The van der Waals surface area contributed by atoms with E-state index >= 15 is 0 Å². The molecule has 0 aromatic carbocycles. The molecule has 5 heteroatoms. The second kappa shape index (κ2) is 5.53. The maximum Gasteiger partial charge on any atom is 0.347 e. The van der Waals surface area contributed by atoms with Gasteiger partial charge in [0, 0.05) is 6.92 Å². The topological polar surface area (TPSA) is 72.8 Å². The second-order valence-corrected chi connectivity index (χ2v) is 2.73. The Hall–Kier alpha value is -1.10. The van der Waals surface area contributed by atoms with Gasteiger partial charge in [-0.05, 0) is 13.8 Å². The van der Waals surface area contributed by atoms with Crippen LogP contribution in [0.3, 0.4) is 0 Å². The number of esters is 2. The summed E-state index contributed by atoms with van der Waals surface area (Å²) in [5, 5.41) is 8.78. The SMILES string of the molecule is CC(=O)O[C@@H](C)C(=O)OCC(C)O. The van der Waals surface area contributed by atoms with Crippen molar-refractivity contribution in [3.63, 3.8) is 0 Å². The highest BCUT2D eigenvalue weighted by Crippen LogP contribution is 1.96. The van der Waals surface area contributed by atoms with E-state index in [1.165, 1.54) is 20.8 Å². The highest BCUT2D eigenvalue weighted by Gasteiger charge is 2.17. The molecule has 0 aromatic heterocycles. The zero-order chi connectivity index (χ0) is 10.4. The highest BCUT2D eigenvalue weighted by molar-refractivity contribution is 5.78. The van der Waals surface area contributed by atoms with E-state index in [2.05, 4.69) is 9.47 Å². The van der Waals surface area contributed by atoms with E-state index in [4.69, 9.17) is 5.11 Å². The minimum Gasteiger partial charge on any atom is -0.460 e. The summed E-state index contributed by atoms with van der Waals surface area (Å²) in [6, 6.07) is 0. The quantitative estimate of drug-likeness (QED) is 0.625. The summed E-state index contributed by atoms with van der Waals surface area (Å²) in [7, 11) is 0. The third-order valence-corrected chi connectivity index (χ3v) is 1.14. The van der Waals surface area contributed by atoms with Gasteiger partial charge in [-0.25, -0.2) is 4.79 Å². The lowest BCUT2D eigenvalue weighted by Crippen LogP contribution is -2.27. The first kappa shape index (κ1) is 11.9. The van der Waals surface area contributed by atoms with Crippen molar-refractivity contribution >= 4 is 11.9 Å². The summed E-state index contributed by atoms with van der Waals surface area (Å²) in [4.78, 5) is 21.4. The van der Waals surface area contributed by atoms with Gasteiger partial charge in [-0.3, -0.25) is 4.79 Å². The van der Waals surface area contributed by atoms with E-state index in [-0.39, 0.29) is 6.61 Å². The molecule has 76 valence electrons. The Morgan fingerprint density at radius 3 is 2.31 bits per heavy atom. The van der Waals surface area contributed by atoms with E-state index in [1.807, 2.05) is 0 Å². The summed E-state index contributed by atoms with van der Waals surface area (Å²) in [5.74, 6) is -1.20. The molecule has 0 saturated carbocycles. The predicted molar refractivity (Wildman–Crippen MR) is 43.9 cm³/mol. The maximum absolute atomic E-state index is 11.0. The molecule has 0 aliphatic rings. The summed E-state index contributed by atoms with van der Waals surface area (Å²) in [6.45, 7) is 4.01. The Balaban J connectivity index is 3.76. The average Bonchev–Trinajstić information content (AvgIpc) is 1.98. The van der Waals surface area contributed by atoms with Crippen molar-refractivity contribution in [3.05, 3.63) is 0 Å². The van der Waals surface area contributed by atoms with Gasteiger partial charge < -0.3 is 14.6 Å². The summed E-state index contributed by atoms with van der Waals surface area (Å²) < 4.78 is 9.15. The fourth-order valence-electron chi connectivity index (χ4n) is 0.617. The van der Waals surface area contributed by atoms with Gasteiger partial charge in [0.15, 0.2) is 6.10 Å². The molecule has 0 aromatic rings. The fraction of sp³-hybridized carbons (Fsp3) is 0.750. The van der Waals surface area contributed by atoms with Crippen molar-refractivity contribution in [1.82, 2.24) is 0 Å². The summed E-state index contributed by atoms with van der Waals surface area (Å²) in [5.41, 5.74) is 0. The molecule has 0 spiro atoms. The average molecular weight is 190 g/mol. The molecular weight excluding hydrogens is 176 g/mol. The number of hydrogen-bond acceptors (Lipinski definition) is 5. The van der Waals surface area contributed by atoms with Gasteiger partial charge in [-0.15, -0.1) is 0 Å². The third-order valence-electron chi connectivity index (χ3n) is 1.14. The number of rotatable bonds is 4. The molecule has 13 heavy (non-hydrogen) atoms. The lowest BCUT2D eigenvalue weighted by molar-refractivity contribution is -0.166. The van der Waals surface area contributed by atoms with Crippen molar-refractivity contribution < 1.29 is 24.2 Å². The normalized spacial score (nSPS) is 14.5. The summed E-state index contributed by atoms with van der Waals surface area (Å²) in [6.07, 6.45) is -1.63. The number of ether oxygens (including phenoxy) is 2. The first-order valence-electron chi connectivity index (χ1n) is 3.95. The molecule has 0 bridgehead atoms. The number of aliphatic hydroxyl groups excluding tert-OH is 1. The van der Waals surface area contributed by atoms with Crippen LogP contribution in [-0.4, -0.2) is 35.9 Å². The lowest BCUT2D eigenvalue weighted by Gasteiger charge is -2.12. The largest absolute Gasteiger partial charge is 0.460 e. The van der Waals surface area contributed by atoms with Gasteiger partial charge >= 0.3 is 11.9 Å². The van der Waals surface area contributed by atoms with Gasteiger partial charge in [-0.2, -0.15) is 0 Å². The smallest absolute Gasteiger partial charge is 0.347 e. The van der Waals surface area contributed by atoms with Crippen LogP contribution in [0.15, 0.2) is 0 Å². The van der Waals surface area contributed by atoms with E-state index in [1.54, 1.807) is 0 Å². The minimum atomic E-state index is -0.920. The van der Waals surface area contributed by atoms with Crippen molar-refractivity contribution in [2.45, 2.75) is 33.0 Å². The molecule has 0 saturated heterocycles. The number of hydrogen-bond donors (Lipinski definition) is 1. The molecule has 0 amide bonds. The Morgan fingerprint density at radius 2 is 1.92 bits per heavy atom. The van der Waals surface area contributed by atoms with Gasteiger partial charge in [0.1, 0.15) is 6.61 Å². The monoisotopic (exact) mass is 190 g/mol. The molecule has 0 rings (SSSR count). The first-order valence-corrected chi connectivity index (χ1v) is 3.95. The van der Waals surface area contributed by atoms with Crippen LogP contribution < -0.4 is 0 Å². The molecule has 2 atom stereocenters. The zero-order valence-electron chi connectivity index (χ0n) is 7.94. The van der Waals surface area contributed by atoms with Crippen LogP contribution in [0.5, 0.6) is 0 Å². The first-order chi connectivity index (χ1) is 5.93. The molecular formula is C8H14O5. The van der Waals surface area contributed by atoms with Crippen molar-refractivity contribution in [2.24, 2.45) is 0 Å². The Labute approximate surface area is 76.6 Å². The van der Waals surface area contributed by atoms with Crippen LogP contribution in [0.4, 0.5) is 0 Å². The molecule has 0 aliphatic carbocycles. The van der Waals surface area contributed by atoms with Crippen LogP contribution in [0.1, 0.15) is 20.8 Å². The van der Waals surface area contributed by atoms with Crippen LogP contribution >= 0.6 is 0 Å². The molecule has 0 aliphatic heterocycles. The Morgan fingerprint density at radius 1 is 1.38 bits per heavy atom. The predicted octanol–water partition coefficient (Wildman–Crippen LogP) is -0.138. The third kappa shape index (κ3) is 6.10. The Kier molecular flexibility index (Phi) is 5.06. The van der Waals surface area contributed by atoms with E-state index < -0.39 is 24.1 Å². The summed E-state index contributed by atoms with van der Waals surface area (Å²) >= 11 is 0. The fourth-order valence-corrected chi connectivity index (χ4v) is 0.617. The molecule has 0 heterocycles. The number of carbonyl (C=O) groups is 2. The standard InChI is InChI=1S/C8H14O5/c1-5(9)4-12-8(11)6(2)13-7(3)10/h5-6,9H,4H2,1-3H3/t5?,6-/m0/s1. The molecule has 5 nitrogen and oxygen atoms in total.